The van der Waals surface area contributed by atoms with E-state index in [0.717, 1.165) is 4.68 Å². The Bertz CT molecular complexity index is 1980. The van der Waals surface area contributed by atoms with Gasteiger partial charge >= 0.3 is 12.1 Å². The molecule has 2 N–H and O–H groups in total. The van der Waals surface area contributed by atoms with Crippen LogP contribution in [0, 0.1) is 6.92 Å². The number of rotatable bonds is 9. The lowest BCUT2D eigenvalue weighted by molar-refractivity contribution is -0.145. The molecular formula is C29H22Cl2F3N9O4. The van der Waals surface area contributed by atoms with Crippen LogP contribution in [0.2, 0.25) is 10.0 Å². The topological polar surface area (TPSA) is 159 Å². The zero-order valence-electron chi connectivity index (χ0n) is 24.3. The van der Waals surface area contributed by atoms with E-state index in [4.69, 9.17) is 27.9 Å². The smallest absolute Gasteiger partial charge is 0.455 e. The first kappa shape index (κ1) is 33.0. The van der Waals surface area contributed by atoms with E-state index < -0.39 is 29.8 Å². The number of tetrazole rings is 1. The van der Waals surface area contributed by atoms with Gasteiger partial charge in [0.2, 0.25) is 0 Å². The number of alkyl halides is 3. The zero-order valence-corrected chi connectivity index (χ0v) is 25.9. The minimum atomic E-state index is -4.81. The second kappa shape index (κ2) is 13.6. The van der Waals surface area contributed by atoms with Gasteiger partial charge < -0.3 is 15.4 Å². The minimum absolute atomic E-state index is 0.0446. The van der Waals surface area contributed by atoms with Crippen molar-refractivity contribution in [1.82, 2.24) is 40.3 Å². The van der Waals surface area contributed by atoms with E-state index in [1.807, 2.05) is 0 Å². The normalized spacial score (nSPS) is 11.3. The second-order valence-electron chi connectivity index (χ2n) is 9.85. The number of hydrogen-bond acceptors (Lipinski definition) is 9. The molecule has 3 aromatic heterocycles. The summed E-state index contributed by atoms with van der Waals surface area (Å²) in [6.07, 6.45) is -3.40. The molecule has 2 aromatic carbocycles. The second-order valence-corrected chi connectivity index (χ2v) is 10.7. The summed E-state index contributed by atoms with van der Waals surface area (Å²) in [5.74, 6) is -3.21. The number of carbonyl (C=O) groups is 3. The van der Waals surface area contributed by atoms with Crippen LogP contribution in [0.25, 0.3) is 5.82 Å². The lowest BCUT2D eigenvalue weighted by atomic mass is 10.1. The number of methoxy groups -OCH3 is 1. The first-order chi connectivity index (χ1) is 22.3. The standard InChI is InChI=1S/C29H22Cl2F3N9O4/c1-15-10-18(30)11-20(25(44)36-13-16-5-7-17(8-6-16)27(46)47-2)23(15)37-26(45)22-12-19(14-42-40-28(38-41-42)29(32,33)34)39-43(22)24-21(31)4-3-9-35-24/h3-12H,13-14H2,1-2H3,(H,36,44)(H,37,45). The maximum absolute atomic E-state index is 13.8. The molecule has 0 fully saturated rings. The molecule has 3 heterocycles. The number of benzene rings is 2. The van der Waals surface area contributed by atoms with Crippen LogP contribution >= 0.6 is 23.2 Å². The summed E-state index contributed by atoms with van der Waals surface area (Å²) in [5.41, 5.74) is 1.61. The molecular weight excluding hydrogens is 666 g/mol. The fourth-order valence-corrected chi connectivity index (χ4v) is 4.83. The lowest BCUT2D eigenvalue weighted by Gasteiger charge is -2.15. The van der Waals surface area contributed by atoms with Crippen molar-refractivity contribution in [2.45, 2.75) is 26.2 Å². The molecule has 0 saturated carbocycles. The van der Waals surface area contributed by atoms with E-state index in [-0.39, 0.29) is 51.6 Å². The largest absolute Gasteiger partial charge is 0.465 e. The van der Waals surface area contributed by atoms with Gasteiger partial charge in [-0.15, -0.1) is 10.2 Å². The van der Waals surface area contributed by atoms with Crippen LogP contribution in [0.3, 0.4) is 0 Å². The average molecular weight is 688 g/mol. The van der Waals surface area contributed by atoms with Crippen molar-refractivity contribution in [3.63, 3.8) is 0 Å². The number of halogens is 5. The predicted octanol–water partition coefficient (Wildman–Crippen LogP) is 4.91. The Hall–Kier alpha value is -5.35. The van der Waals surface area contributed by atoms with Crippen molar-refractivity contribution < 1.29 is 32.3 Å². The van der Waals surface area contributed by atoms with Crippen LogP contribution in [-0.2, 0) is 24.0 Å². The first-order valence-corrected chi connectivity index (χ1v) is 14.2. The number of nitrogens with one attached hydrogen (secondary N) is 2. The average Bonchev–Trinajstić information content (AvgIpc) is 3.69. The molecule has 18 heteroatoms. The molecule has 0 saturated heterocycles. The molecule has 0 radical (unpaired) electrons. The van der Waals surface area contributed by atoms with Gasteiger partial charge in [0.1, 0.15) is 12.2 Å². The summed E-state index contributed by atoms with van der Waals surface area (Å²) in [7, 11) is 1.27. The van der Waals surface area contributed by atoms with E-state index in [2.05, 4.69) is 36.1 Å². The van der Waals surface area contributed by atoms with Crippen molar-refractivity contribution in [3.05, 3.63) is 110 Å². The molecule has 5 rings (SSSR count). The molecule has 0 atom stereocenters. The Morgan fingerprint density at radius 1 is 1.00 bits per heavy atom. The van der Waals surface area contributed by atoms with Crippen molar-refractivity contribution in [3.8, 4) is 5.82 Å². The van der Waals surface area contributed by atoms with E-state index in [1.165, 1.54) is 31.5 Å². The van der Waals surface area contributed by atoms with Crippen LogP contribution in [0.15, 0.2) is 60.8 Å². The Kier molecular flexibility index (Phi) is 9.53. The number of aromatic nitrogens is 7. The molecule has 0 spiro atoms. The number of esters is 1. The highest BCUT2D eigenvalue weighted by Crippen LogP contribution is 2.28. The highest BCUT2D eigenvalue weighted by molar-refractivity contribution is 6.32. The van der Waals surface area contributed by atoms with Crippen molar-refractivity contribution in [1.29, 1.82) is 0 Å². The molecule has 242 valence electrons. The van der Waals surface area contributed by atoms with Gasteiger partial charge in [-0.2, -0.15) is 23.1 Å². The molecule has 47 heavy (non-hydrogen) atoms. The summed E-state index contributed by atoms with van der Waals surface area (Å²) in [6.45, 7) is 1.34. The number of aryl methyl sites for hydroxylation is 1. The number of nitrogens with zero attached hydrogens (tertiary/aromatic N) is 7. The number of carbonyl (C=O) groups excluding carboxylic acids is 3. The van der Waals surface area contributed by atoms with Gasteiger partial charge in [0, 0.05) is 17.8 Å². The molecule has 13 nitrogen and oxygen atoms in total. The van der Waals surface area contributed by atoms with Crippen molar-refractivity contribution in [2.75, 3.05) is 12.4 Å². The number of anilines is 1. The van der Waals surface area contributed by atoms with E-state index in [9.17, 15) is 27.6 Å². The molecule has 0 aliphatic heterocycles. The monoisotopic (exact) mass is 687 g/mol. The van der Waals surface area contributed by atoms with Gasteiger partial charge in [-0.25, -0.2) is 14.5 Å². The van der Waals surface area contributed by atoms with Gasteiger partial charge in [0.05, 0.1) is 34.6 Å². The highest BCUT2D eigenvalue weighted by atomic mass is 35.5. The first-order valence-electron chi connectivity index (χ1n) is 13.5. The Morgan fingerprint density at radius 3 is 2.40 bits per heavy atom. The number of hydrogen-bond donors (Lipinski definition) is 2. The fraction of sp³-hybridized carbons (Fsp3) is 0.172. The third-order valence-corrected chi connectivity index (χ3v) is 7.07. The Morgan fingerprint density at radius 2 is 1.74 bits per heavy atom. The summed E-state index contributed by atoms with van der Waals surface area (Å²) < 4.78 is 44.8. The Labute approximate surface area is 273 Å². The third kappa shape index (κ3) is 7.56. The molecule has 5 aromatic rings. The van der Waals surface area contributed by atoms with Crippen LogP contribution in [0.4, 0.5) is 18.9 Å². The number of pyridine rings is 1. The van der Waals surface area contributed by atoms with Gasteiger partial charge in [0.25, 0.3) is 17.6 Å². The molecule has 2 amide bonds. The SMILES string of the molecule is COC(=O)c1ccc(CNC(=O)c2cc(Cl)cc(C)c2NC(=O)c2cc(Cn3nnc(C(F)(F)F)n3)nn2-c2ncccc2Cl)cc1. The lowest BCUT2D eigenvalue weighted by Crippen LogP contribution is -2.26. The summed E-state index contributed by atoms with van der Waals surface area (Å²) in [4.78, 5) is 43.7. The molecule has 0 aliphatic carbocycles. The predicted molar refractivity (Wildman–Crippen MR) is 161 cm³/mol. The number of amides is 2. The van der Waals surface area contributed by atoms with E-state index in [0.29, 0.717) is 21.5 Å². The molecule has 0 unspecified atom stereocenters. The van der Waals surface area contributed by atoms with Gasteiger partial charge in [-0.05, 0) is 65.7 Å². The maximum Gasteiger partial charge on any atom is 0.455 e. The zero-order chi connectivity index (χ0) is 33.9. The van der Waals surface area contributed by atoms with Crippen molar-refractivity contribution >= 4 is 46.7 Å². The van der Waals surface area contributed by atoms with E-state index >= 15 is 0 Å². The van der Waals surface area contributed by atoms with E-state index in [1.54, 1.807) is 43.3 Å². The molecule has 0 aliphatic rings. The Balaban J connectivity index is 1.43. The quantitative estimate of drug-likeness (QED) is 0.205. The highest BCUT2D eigenvalue weighted by Gasteiger charge is 2.37. The van der Waals surface area contributed by atoms with Gasteiger partial charge in [0.15, 0.2) is 5.82 Å². The van der Waals surface area contributed by atoms with Crippen LogP contribution in [0.1, 0.15) is 53.8 Å². The summed E-state index contributed by atoms with van der Waals surface area (Å²) in [5, 5.41) is 19.9. The fourth-order valence-electron chi connectivity index (χ4n) is 4.35. The molecule has 0 bridgehead atoms. The van der Waals surface area contributed by atoms with Crippen LogP contribution in [0.5, 0.6) is 0 Å². The van der Waals surface area contributed by atoms with Crippen molar-refractivity contribution in [2.24, 2.45) is 0 Å². The summed E-state index contributed by atoms with van der Waals surface area (Å²) in [6, 6.07) is 13.7. The van der Waals surface area contributed by atoms with Crippen LogP contribution in [-0.4, -0.2) is 59.9 Å². The minimum Gasteiger partial charge on any atom is -0.465 e. The van der Waals surface area contributed by atoms with Gasteiger partial charge in [-0.3, -0.25) is 9.59 Å². The maximum atomic E-state index is 13.8. The van der Waals surface area contributed by atoms with Crippen LogP contribution < -0.4 is 10.6 Å². The summed E-state index contributed by atoms with van der Waals surface area (Å²) >= 11 is 12.6. The number of ether oxygens (including phenoxy) is 1. The third-order valence-electron chi connectivity index (χ3n) is 6.55. The van der Waals surface area contributed by atoms with Gasteiger partial charge in [-0.1, -0.05) is 35.3 Å².